The maximum Gasteiger partial charge on any atom is 0.306 e. The number of ether oxygens (including phenoxy) is 3. The summed E-state index contributed by atoms with van der Waals surface area (Å²) in [7, 11) is 0. The number of hydrogen-bond donors (Lipinski definition) is 0. The lowest BCUT2D eigenvalue weighted by molar-refractivity contribution is -0.167. The molecule has 0 amide bonds. The number of unbranched alkanes of at least 4 members (excludes halogenated alkanes) is 24. The molecule has 0 N–H and O–H groups in total. The van der Waals surface area contributed by atoms with Gasteiger partial charge in [0.1, 0.15) is 13.2 Å². The van der Waals surface area contributed by atoms with Crippen LogP contribution in [0.3, 0.4) is 0 Å². The number of esters is 3. The van der Waals surface area contributed by atoms with Gasteiger partial charge in [-0.25, -0.2) is 0 Å². The van der Waals surface area contributed by atoms with Gasteiger partial charge in [-0.1, -0.05) is 252 Å². The van der Waals surface area contributed by atoms with Gasteiger partial charge >= 0.3 is 17.9 Å². The summed E-state index contributed by atoms with van der Waals surface area (Å²) in [5, 5.41) is 0. The lowest BCUT2D eigenvalue weighted by atomic mass is 10.1. The Kier molecular flexibility index (Phi) is 56.4. The quantitative estimate of drug-likeness (QED) is 0.0261. The van der Waals surface area contributed by atoms with Crippen LogP contribution in [0.1, 0.15) is 271 Å². The van der Waals surface area contributed by atoms with E-state index in [0.29, 0.717) is 19.3 Å². The molecule has 0 aliphatic rings. The molecule has 6 heteroatoms. The third-order valence-corrected chi connectivity index (χ3v) is 12.5. The molecule has 0 heterocycles. The number of hydrogen-bond acceptors (Lipinski definition) is 6. The fourth-order valence-electron chi connectivity index (χ4n) is 8.04. The molecule has 0 spiro atoms. The van der Waals surface area contributed by atoms with Gasteiger partial charge in [0.2, 0.25) is 0 Å². The summed E-state index contributed by atoms with van der Waals surface area (Å²) in [5.41, 5.74) is 0. The van der Waals surface area contributed by atoms with Gasteiger partial charge in [0.25, 0.3) is 0 Å². The maximum absolute atomic E-state index is 12.7. The van der Waals surface area contributed by atoms with Crippen LogP contribution < -0.4 is 0 Å². The summed E-state index contributed by atoms with van der Waals surface area (Å²) in [5.74, 6) is -0.908. The summed E-state index contributed by atoms with van der Waals surface area (Å²) in [6, 6.07) is 0. The van der Waals surface area contributed by atoms with E-state index < -0.39 is 6.10 Å². The Morgan fingerprint density at radius 1 is 0.292 bits per heavy atom. The molecule has 410 valence electrons. The minimum absolute atomic E-state index is 0.0821. The summed E-state index contributed by atoms with van der Waals surface area (Å²) < 4.78 is 16.7. The van der Waals surface area contributed by atoms with Crippen molar-refractivity contribution in [1.82, 2.24) is 0 Å². The van der Waals surface area contributed by atoms with Crippen LogP contribution in [0.25, 0.3) is 0 Å². The average Bonchev–Trinajstić information content (AvgIpc) is 3.38. The van der Waals surface area contributed by atoms with Crippen molar-refractivity contribution < 1.29 is 28.6 Å². The zero-order valence-electron chi connectivity index (χ0n) is 46.9. The van der Waals surface area contributed by atoms with Gasteiger partial charge in [-0.3, -0.25) is 14.4 Å². The van der Waals surface area contributed by atoms with Gasteiger partial charge < -0.3 is 14.2 Å². The molecule has 0 aliphatic carbocycles. The zero-order valence-corrected chi connectivity index (χ0v) is 46.9. The predicted molar refractivity (Wildman–Crippen MR) is 311 cm³/mol. The van der Waals surface area contributed by atoms with Gasteiger partial charge in [-0.05, 0) is 109 Å². The van der Waals surface area contributed by atoms with Crippen molar-refractivity contribution in [3.8, 4) is 0 Å². The molecule has 0 aromatic rings. The van der Waals surface area contributed by atoms with E-state index in [4.69, 9.17) is 14.2 Å². The smallest absolute Gasteiger partial charge is 0.306 e. The fraction of sp³-hybridized carbons (Fsp3) is 0.682. The van der Waals surface area contributed by atoms with Crippen molar-refractivity contribution in [2.24, 2.45) is 0 Å². The van der Waals surface area contributed by atoms with Gasteiger partial charge in [-0.2, -0.15) is 0 Å². The van der Waals surface area contributed by atoms with Crippen LogP contribution in [0.15, 0.2) is 109 Å². The molecular formula is C66H110O6. The zero-order chi connectivity index (χ0) is 52.2. The largest absolute Gasteiger partial charge is 0.462 e. The number of carbonyl (C=O) groups excluding carboxylic acids is 3. The predicted octanol–water partition coefficient (Wildman–Crippen LogP) is 20.3. The molecule has 0 saturated heterocycles. The van der Waals surface area contributed by atoms with Crippen LogP contribution >= 0.6 is 0 Å². The average molecular weight is 1000 g/mol. The first-order chi connectivity index (χ1) is 35.5. The van der Waals surface area contributed by atoms with E-state index >= 15 is 0 Å². The molecule has 0 aromatic carbocycles. The van der Waals surface area contributed by atoms with Crippen molar-refractivity contribution in [1.29, 1.82) is 0 Å². The summed E-state index contributed by atoms with van der Waals surface area (Å²) >= 11 is 0. The van der Waals surface area contributed by atoms with Crippen molar-refractivity contribution in [3.05, 3.63) is 109 Å². The molecule has 0 aromatic heterocycles. The number of carbonyl (C=O) groups is 3. The Labute approximate surface area is 444 Å². The van der Waals surface area contributed by atoms with Gasteiger partial charge in [-0.15, -0.1) is 0 Å². The van der Waals surface area contributed by atoms with Crippen LogP contribution in [0.4, 0.5) is 0 Å². The van der Waals surface area contributed by atoms with Crippen molar-refractivity contribution >= 4 is 17.9 Å². The molecule has 0 bridgehead atoms. The topological polar surface area (TPSA) is 78.9 Å². The Morgan fingerprint density at radius 2 is 0.542 bits per heavy atom. The Hall–Kier alpha value is -3.93. The van der Waals surface area contributed by atoms with Gasteiger partial charge in [0, 0.05) is 19.3 Å². The number of allylic oxidation sites excluding steroid dienone is 18. The fourth-order valence-corrected chi connectivity index (χ4v) is 8.04. The molecule has 1 unspecified atom stereocenters. The molecule has 1 atom stereocenters. The molecule has 0 rings (SSSR count). The maximum atomic E-state index is 12.7. The van der Waals surface area contributed by atoms with E-state index in [-0.39, 0.29) is 31.1 Å². The molecular weight excluding hydrogens is 889 g/mol. The highest BCUT2D eigenvalue weighted by Gasteiger charge is 2.19. The highest BCUT2D eigenvalue weighted by molar-refractivity contribution is 5.71. The Balaban J connectivity index is 4.02. The van der Waals surface area contributed by atoms with Crippen molar-refractivity contribution in [2.45, 2.75) is 277 Å². The second-order valence-corrected chi connectivity index (χ2v) is 19.5. The van der Waals surface area contributed by atoms with Crippen molar-refractivity contribution in [3.63, 3.8) is 0 Å². The van der Waals surface area contributed by atoms with Crippen molar-refractivity contribution in [2.75, 3.05) is 13.2 Å². The third kappa shape index (κ3) is 57.0. The SMILES string of the molecule is CC/C=C\C/C=C\C/C=C\C/C=C\C/C=C\C/C=C\C/C=C\C/C=C\CCCCCCCCCCCCC(=O)OCC(COC(=O)CCCCCCC)OC(=O)CCCCCCC/C=C\CCCCCCC. The summed E-state index contributed by atoms with van der Waals surface area (Å²) in [4.78, 5) is 37.8. The summed E-state index contributed by atoms with van der Waals surface area (Å²) in [6.45, 7) is 6.42. The Bertz CT molecular complexity index is 1470. The standard InChI is InChI=1S/C66H110O6/c1-4-7-10-13-15-17-19-21-23-24-25-26-27-28-29-30-31-32-33-34-35-36-37-38-39-40-41-42-43-45-46-48-50-53-56-59-65(68)71-62-63(61-70-64(67)58-55-52-12-9-6-3)72-66(69)60-57-54-51-49-47-44-22-20-18-16-14-11-8-5-2/h7,10,15,17,20-23,25-26,28-29,31-32,34-35,37-38,63H,4-6,8-9,11-14,16,18-19,24,27,30,33,36,39-62H2,1-3H3/b10-7-,17-15-,22-20-,23-21-,26-25-,29-28-,32-31-,35-34-,38-37-. The monoisotopic (exact) mass is 999 g/mol. The first-order valence-electron chi connectivity index (χ1n) is 29.9. The van der Waals surface area contributed by atoms with E-state index in [9.17, 15) is 14.4 Å². The van der Waals surface area contributed by atoms with Crippen LogP contribution in [0, 0.1) is 0 Å². The Morgan fingerprint density at radius 3 is 0.861 bits per heavy atom. The van der Waals surface area contributed by atoms with E-state index in [1.165, 1.54) is 103 Å². The van der Waals surface area contributed by atoms with E-state index in [1.807, 2.05) is 0 Å². The number of rotatable bonds is 53. The highest BCUT2D eigenvalue weighted by Crippen LogP contribution is 2.15. The molecule has 6 nitrogen and oxygen atoms in total. The molecule has 0 fully saturated rings. The molecule has 72 heavy (non-hydrogen) atoms. The van der Waals surface area contributed by atoms with Crippen LogP contribution in [0.5, 0.6) is 0 Å². The second-order valence-electron chi connectivity index (χ2n) is 19.5. The first kappa shape index (κ1) is 68.1. The second kappa shape index (κ2) is 59.6. The summed E-state index contributed by atoms with van der Waals surface area (Å²) in [6.07, 6.45) is 81.4. The van der Waals surface area contributed by atoms with E-state index in [2.05, 4.69) is 130 Å². The lowest BCUT2D eigenvalue weighted by Gasteiger charge is -2.18. The van der Waals surface area contributed by atoms with E-state index in [1.54, 1.807) is 0 Å². The minimum Gasteiger partial charge on any atom is -0.462 e. The van der Waals surface area contributed by atoms with Gasteiger partial charge in [0.15, 0.2) is 6.10 Å². The molecule has 0 aliphatic heterocycles. The third-order valence-electron chi connectivity index (χ3n) is 12.5. The molecule has 0 radical (unpaired) electrons. The van der Waals surface area contributed by atoms with Crippen LogP contribution in [0.2, 0.25) is 0 Å². The lowest BCUT2D eigenvalue weighted by Crippen LogP contribution is -2.30. The molecule has 0 saturated carbocycles. The normalized spacial score (nSPS) is 12.9. The van der Waals surface area contributed by atoms with Crippen LogP contribution in [-0.2, 0) is 28.6 Å². The first-order valence-corrected chi connectivity index (χ1v) is 29.9. The van der Waals surface area contributed by atoms with Gasteiger partial charge in [0.05, 0.1) is 0 Å². The van der Waals surface area contributed by atoms with Crippen LogP contribution in [-0.4, -0.2) is 37.2 Å². The van der Waals surface area contributed by atoms with E-state index in [0.717, 1.165) is 128 Å². The highest BCUT2D eigenvalue weighted by atomic mass is 16.6. The minimum atomic E-state index is -0.779.